The van der Waals surface area contributed by atoms with Gasteiger partial charge in [-0.25, -0.2) is 4.99 Å². The molecule has 0 aromatic heterocycles. The molecule has 110 valence electrons. The highest BCUT2D eigenvalue weighted by atomic mass is 15.4. The molecule has 0 N–H and O–H groups in total. The minimum Gasteiger partial charge on any atom is -0.254 e. The average molecular weight is 265 g/mol. The molecule has 0 aliphatic carbocycles. The van der Waals surface area contributed by atoms with Gasteiger partial charge >= 0.3 is 0 Å². The van der Waals surface area contributed by atoms with Crippen LogP contribution in [0.25, 0.3) is 0 Å². The normalized spacial score (nSPS) is 21.4. The molecule has 0 spiro atoms. The quantitative estimate of drug-likeness (QED) is 0.337. The molecule has 1 aliphatic rings. The molecule has 1 rings (SSSR count). The van der Waals surface area contributed by atoms with Crippen LogP contribution in [-0.4, -0.2) is 23.9 Å². The summed E-state index contributed by atoms with van der Waals surface area (Å²) < 4.78 is 0.969. The summed E-state index contributed by atoms with van der Waals surface area (Å²) in [6.45, 7) is 6.90. The average Bonchev–Trinajstić information content (AvgIpc) is 2.90. The molecular weight excluding hydrogens is 232 g/mol. The van der Waals surface area contributed by atoms with Crippen LogP contribution in [0.1, 0.15) is 78.1 Å². The third kappa shape index (κ3) is 6.91. The molecule has 1 heterocycles. The van der Waals surface area contributed by atoms with Crippen molar-refractivity contribution in [2.24, 2.45) is 4.99 Å². The number of hydrogen-bond donors (Lipinski definition) is 0. The van der Waals surface area contributed by atoms with Gasteiger partial charge in [-0.05, 0) is 19.8 Å². The Labute approximate surface area is 120 Å². The van der Waals surface area contributed by atoms with E-state index >= 15 is 0 Å². The number of unbranched alkanes of at least 4 members (excludes halogenated alkanes) is 9. The van der Waals surface area contributed by atoms with Crippen LogP contribution in [0.15, 0.2) is 17.4 Å². The Morgan fingerprint density at radius 1 is 0.789 bits per heavy atom. The van der Waals surface area contributed by atoms with Gasteiger partial charge in [-0.2, -0.15) is 0 Å². The summed E-state index contributed by atoms with van der Waals surface area (Å²) in [5.74, 6) is 0. The van der Waals surface area contributed by atoms with Gasteiger partial charge in [-0.1, -0.05) is 58.3 Å². The molecule has 0 fully saturated rings. The van der Waals surface area contributed by atoms with E-state index in [0.29, 0.717) is 0 Å². The van der Waals surface area contributed by atoms with Crippen LogP contribution in [-0.2, 0) is 0 Å². The minimum absolute atomic E-state index is 0.969. The summed E-state index contributed by atoms with van der Waals surface area (Å²) in [6.07, 6.45) is 20.4. The monoisotopic (exact) mass is 265 g/mol. The van der Waals surface area contributed by atoms with E-state index in [-0.39, 0.29) is 0 Å². The Balaban J connectivity index is 1.89. The van der Waals surface area contributed by atoms with Crippen molar-refractivity contribution in [2.45, 2.75) is 78.1 Å². The number of quaternary nitrogens is 1. The second-order valence-electron chi connectivity index (χ2n) is 5.89. The van der Waals surface area contributed by atoms with E-state index < -0.39 is 0 Å². The maximum Gasteiger partial charge on any atom is 0.194 e. The summed E-state index contributed by atoms with van der Waals surface area (Å²) >= 11 is 0. The van der Waals surface area contributed by atoms with Crippen molar-refractivity contribution in [2.75, 3.05) is 13.1 Å². The van der Waals surface area contributed by atoms with E-state index in [1.807, 2.05) is 6.20 Å². The van der Waals surface area contributed by atoms with Gasteiger partial charge in [0.05, 0.1) is 19.3 Å². The lowest BCUT2D eigenvalue weighted by Crippen LogP contribution is -2.40. The van der Waals surface area contributed by atoms with E-state index in [1.165, 1.54) is 70.8 Å². The molecule has 0 saturated carbocycles. The maximum absolute atomic E-state index is 4.24. The molecule has 0 radical (unpaired) electrons. The summed E-state index contributed by atoms with van der Waals surface area (Å²) in [7, 11) is 0. The lowest BCUT2D eigenvalue weighted by molar-refractivity contribution is -0.777. The third-order valence-electron chi connectivity index (χ3n) is 4.26. The summed E-state index contributed by atoms with van der Waals surface area (Å²) in [5.41, 5.74) is 0. The SMILES string of the molecule is CCCCCCCCCCCC[N+]1(CC)C=CN=C1. The fraction of sp³-hybridized carbons (Fsp3) is 0.824. The smallest absolute Gasteiger partial charge is 0.194 e. The molecule has 0 amide bonds. The van der Waals surface area contributed by atoms with Crippen molar-refractivity contribution < 1.29 is 4.48 Å². The predicted molar refractivity (Wildman–Crippen MR) is 85.1 cm³/mol. The second kappa shape index (κ2) is 10.2. The maximum atomic E-state index is 4.24. The first-order valence-electron chi connectivity index (χ1n) is 8.41. The highest BCUT2D eigenvalue weighted by Gasteiger charge is 2.22. The molecule has 2 heteroatoms. The number of hydrogen-bond acceptors (Lipinski definition) is 1. The van der Waals surface area contributed by atoms with Gasteiger partial charge in [-0.15, -0.1) is 0 Å². The first kappa shape index (κ1) is 16.4. The van der Waals surface area contributed by atoms with Gasteiger partial charge < -0.3 is 0 Å². The van der Waals surface area contributed by atoms with Gasteiger partial charge in [-0.3, -0.25) is 4.48 Å². The van der Waals surface area contributed by atoms with Gasteiger partial charge in [0.15, 0.2) is 6.34 Å². The second-order valence-corrected chi connectivity index (χ2v) is 5.89. The molecular formula is C17H33N2+. The summed E-state index contributed by atoms with van der Waals surface area (Å²) in [5, 5.41) is 0. The zero-order valence-electron chi connectivity index (χ0n) is 13.1. The Morgan fingerprint density at radius 3 is 1.84 bits per heavy atom. The van der Waals surface area contributed by atoms with Crippen LogP contribution < -0.4 is 0 Å². The number of nitrogens with zero attached hydrogens (tertiary/aromatic N) is 2. The first-order valence-corrected chi connectivity index (χ1v) is 8.41. The standard InChI is InChI=1S/C17H33N2/c1-3-5-6-7-8-9-10-11-12-13-15-19(4-2)16-14-18-17-19/h14,16-17H,3-13,15H2,1-2H3/q+1. The van der Waals surface area contributed by atoms with Crippen molar-refractivity contribution in [3.8, 4) is 0 Å². The van der Waals surface area contributed by atoms with Crippen LogP contribution in [0.3, 0.4) is 0 Å². The molecule has 2 nitrogen and oxygen atoms in total. The Morgan fingerprint density at radius 2 is 1.37 bits per heavy atom. The van der Waals surface area contributed by atoms with Gasteiger partial charge in [0.2, 0.25) is 0 Å². The molecule has 0 saturated heterocycles. The fourth-order valence-corrected chi connectivity index (χ4v) is 2.75. The van der Waals surface area contributed by atoms with Gasteiger partial charge in [0.1, 0.15) is 6.20 Å². The number of rotatable bonds is 12. The van der Waals surface area contributed by atoms with Crippen molar-refractivity contribution in [3.05, 3.63) is 12.4 Å². The molecule has 0 bridgehead atoms. The molecule has 19 heavy (non-hydrogen) atoms. The Kier molecular flexibility index (Phi) is 8.81. The molecule has 1 aliphatic heterocycles. The van der Waals surface area contributed by atoms with E-state index in [4.69, 9.17) is 0 Å². The Hall–Kier alpha value is -0.630. The topological polar surface area (TPSA) is 12.4 Å². The minimum atomic E-state index is 0.969. The van der Waals surface area contributed by atoms with Crippen molar-refractivity contribution in [3.63, 3.8) is 0 Å². The van der Waals surface area contributed by atoms with Crippen molar-refractivity contribution >= 4 is 6.34 Å². The molecule has 1 unspecified atom stereocenters. The molecule has 0 aromatic rings. The lowest BCUT2D eigenvalue weighted by atomic mass is 10.1. The van der Waals surface area contributed by atoms with Gasteiger partial charge in [0, 0.05) is 0 Å². The Bertz CT molecular complexity index is 256. The molecule has 0 aromatic carbocycles. The van der Waals surface area contributed by atoms with E-state index in [0.717, 1.165) is 11.0 Å². The number of aliphatic imine (C=N–C) groups is 1. The highest BCUT2D eigenvalue weighted by molar-refractivity contribution is 5.50. The first-order chi connectivity index (χ1) is 9.33. The van der Waals surface area contributed by atoms with E-state index in [9.17, 15) is 0 Å². The molecule has 1 atom stereocenters. The third-order valence-corrected chi connectivity index (χ3v) is 4.26. The zero-order chi connectivity index (χ0) is 13.8. The largest absolute Gasteiger partial charge is 0.254 e. The summed E-state index contributed by atoms with van der Waals surface area (Å²) in [6, 6.07) is 0. The fourth-order valence-electron chi connectivity index (χ4n) is 2.75. The lowest BCUT2D eigenvalue weighted by Gasteiger charge is -2.25. The van der Waals surface area contributed by atoms with Gasteiger partial charge in [0.25, 0.3) is 0 Å². The van der Waals surface area contributed by atoms with E-state index in [2.05, 4.69) is 31.4 Å². The van der Waals surface area contributed by atoms with Crippen molar-refractivity contribution in [1.29, 1.82) is 0 Å². The van der Waals surface area contributed by atoms with Crippen LogP contribution in [0.4, 0.5) is 0 Å². The van der Waals surface area contributed by atoms with Crippen LogP contribution in [0.2, 0.25) is 0 Å². The van der Waals surface area contributed by atoms with Crippen LogP contribution >= 0.6 is 0 Å². The van der Waals surface area contributed by atoms with Crippen molar-refractivity contribution in [1.82, 2.24) is 0 Å². The predicted octanol–water partition coefficient (Wildman–Crippen LogP) is 5.26. The zero-order valence-corrected chi connectivity index (χ0v) is 13.1. The van der Waals surface area contributed by atoms with E-state index in [1.54, 1.807) is 0 Å². The van der Waals surface area contributed by atoms with Crippen LogP contribution in [0, 0.1) is 0 Å². The highest BCUT2D eigenvalue weighted by Crippen LogP contribution is 2.15. The summed E-state index contributed by atoms with van der Waals surface area (Å²) in [4.78, 5) is 4.24. The van der Waals surface area contributed by atoms with Crippen LogP contribution in [0.5, 0.6) is 0 Å².